The maximum Gasteiger partial charge on any atom is 0.255 e. The highest BCUT2D eigenvalue weighted by Crippen LogP contribution is 2.17. The van der Waals surface area contributed by atoms with Gasteiger partial charge in [-0.2, -0.15) is 0 Å². The largest absolute Gasteiger partial charge is 0.322 e. The number of anilines is 1. The molecule has 0 saturated carbocycles. The number of hydrogen-bond donors (Lipinski definition) is 2. The number of sulfonamides is 1. The lowest BCUT2D eigenvalue weighted by Crippen LogP contribution is -2.30. The molecule has 0 radical (unpaired) electrons. The molecule has 0 aliphatic carbocycles. The van der Waals surface area contributed by atoms with Crippen LogP contribution in [-0.4, -0.2) is 20.4 Å². The molecule has 0 heterocycles. The molecule has 0 bridgehead atoms. The monoisotopic (exact) mass is 352 g/mol. The highest BCUT2D eigenvalue weighted by atomic mass is 35.5. The zero-order valence-electron chi connectivity index (χ0n) is 12.7. The predicted octanol–water partition coefficient (Wildman–Crippen LogP) is 3.28. The number of carbonyl (C=O) groups excluding carboxylic acids is 1. The Kier molecular flexibility index (Phi) is 5.41. The van der Waals surface area contributed by atoms with Crippen molar-refractivity contribution < 1.29 is 13.2 Å². The van der Waals surface area contributed by atoms with E-state index in [1.807, 2.05) is 0 Å². The number of carbonyl (C=O) groups is 1. The van der Waals surface area contributed by atoms with E-state index in [4.69, 9.17) is 11.6 Å². The van der Waals surface area contributed by atoms with Crippen LogP contribution >= 0.6 is 11.6 Å². The van der Waals surface area contributed by atoms with Crippen molar-refractivity contribution in [3.05, 3.63) is 59.1 Å². The first-order valence-corrected chi connectivity index (χ1v) is 8.83. The molecule has 7 heteroatoms. The minimum Gasteiger partial charge on any atom is -0.322 e. The second-order valence-electron chi connectivity index (χ2n) is 5.26. The lowest BCUT2D eigenvalue weighted by molar-refractivity contribution is 0.102. The third-order valence-electron chi connectivity index (χ3n) is 2.90. The number of rotatable bonds is 5. The first kappa shape index (κ1) is 17.5. The van der Waals surface area contributed by atoms with Crippen LogP contribution in [0.2, 0.25) is 5.02 Å². The van der Waals surface area contributed by atoms with E-state index >= 15 is 0 Å². The van der Waals surface area contributed by atoms with Crippen LogP contribution in [0.15, 0.2) is 53.4 Å². The third kappa shape index (κ3) is 4.79. The van der Waals surface area contributed by atoms with Crippen molar-refractivity contribution in [3.8, 4) is 0 Å². The Morgan fingerprint density at radius 2 is 1.74 bits per heavy atom. The van der Waals surface area contributed by atoms with Crippen molar-refractivity contribution >= 4 is 33.2 Å². The summed E-state index contributed by atoms with van der Waals surface area (Å²) in [4.78, 5) is 12.3. The van der Waals surface area contributed by atoms with Gasteiger partial charge in [0.05, 0.1) is 4.90 Å². The van der Waals surface area contributed by atoms with Gasteiger partial charge in [0.1, 0.15) is 0 Å². The standard InChI is InChI=1S/C16H17ClN2O3S/c1-11(2)19-23(21,22)15-8-6-12(7-9-15)16(20)18-14-5-3-4-13(17)10-14/h3-11,19H,1-2H3,(H,18,20). The summed E-state index contributed by atoms with van der Waals surface area (Å²) < 4.78 is 26.5. The van der Waals surface area contributed by atoms with Gasteiger partial charge >= 0.3 is 0 Å². The maximum atomic E-state index is 12.1. The Labute approximate surface area is 140 Å². The van der Waals surface area contributed by atoms with Gasteiger partial charge in [-0.3, -0.25) is 4.79 Å². The quantitative estimate of drug-likeness (QED) is 0.867. The summed E-state index contributed by atoms with van der Waals surface area (Å²) in [6.07, 6.45) is 0. The summed E-state index contributed by atoms with van der Waals surface area (Å²) in [6.45, 7) is 3.48. The normalized spacial score (nSPS) is 11.5. The number of halogens is 1. The molecule has 2 aromatic rings. The smallest absolute Gasteiger partial charge is 0.255 e. The van der Waals surface area contributed by atoms with Gasteiger partial charge in [0, 0.05) is 22.3 Å². The molecule has 23 heavy (non-hydrogen) atoms. The van der Waals surface area contributed by atoms with Gasteiger partial charge in [0.25, 0.3) is 5.91 Å². The Morgan fingerprint density at radius 3 is 2.30 bits per heavy atom. The molecule has 0 unspecified atom stereocenters. The molecule has 5 nitrogen and oxygen atoms in total. The van der Waals surface area contributed by atoms with Crippen molar-refractivity contribution in [1.82, 2.24) is 4.72 Å². The maximum absolute atomic E-state index is 12.1. The minimum absolute atomic E-state index is 0.116. The van der Waals surface area contributed by atoms with Crippen LogP contribution in [0.1, 0.15) is 24.2 Å². The first-order valence-electron chi connectivity index (χ1n) is 6.97. The molecule has 1 amide bonds. The second kappa shape index (κ2) is 7.12. The molecule has 0 saturated heterocycles. The van der Waals surface area contributed by atoms with E-state index in [0.29, 0.717) is 16.3 Å². The average molecular weight is 353 g/mol. The van der Waals surface area contributed by atoms with E-state index < -0.39 is 10.0 Å². The number of nitrogens with one attached hydrogen (secondary N) is 2. The molecule has 0 aromatic heterocycles. The van der Waals surface area contributed by atoms with E-state index in [1.54, 1.807) is 38.1 Å². The zero-order valence-corrected chi connectivity index (χ0v) is 14.3. The molecule has 0 fully saturated rings. The van der Waals surface area contributed by atoms with Crippen LogP contribution in [0.3, 0.4) is 0 Å². The number of benzene rings is 2. The lowest BCUT2D eigenvalue weighted by atomic mass is 10.2. The summed E-state index contributed by atoms with van der Waals surface area (Å²) in [5, 5.41) is 3.22. The molecule has 0 aliphatic heterocycles. The van der Waals surface area contributed by atoms with Crippen molar-refractivity contribution in [2.45, 2.75) is 24.8 Å². The topological polar surface area (TPSA) is 75.3 Å². The lowest BCUT2D eigenvalue weighted by Gasteiger charge is -2.10. The van der Waals surface area contributed by atoms with Gasteiger partial charge in [0.15, 0.2) is 0 Å². The molecule has 0 spiro atoms. The number of hydrogen-bond acceptors (Lipinski definition) is 3. The van der Waals surface area contributed by atoms with Crippen molar-refractivity contribution in [2.24, 2.45) is 0 Å². The van der Waals surface area contributed by atoms with E-state index in [2.05, 4.69) is 10.0 Å². The molecule has 2 N–H and O–H groups in total. The second-order valence-corrected chi connectivity index (χ2v) is 7.42. The van der Waals surface area contributed by atoms with Gasteiger partial charge in [-0.1, -0.05) is 17.7 Å². The minimum atomic E-state index is -3.57. The molecule has 2 rings (SSSR count). The third-order valence-corrected chi connectivity index (χ3v) is 4.81. The molecule has 0 aliphatic rings. The van der Waals surface area contributed by atoms with Crippen LogP contribution in [0.4, 0.5) is 5.69 Å². The fourth-order valence-corrected chi connectivity index (χ4v) is 3.37. The molecule has 2 aromatic carbocycles. The van der Waals surface area contributed by atoms with Gasteiger partial charge in [-0.25, -0.2) is 13.1 Å². The SMILES string of the molecule is CC(C)NS(=O)(=O)c1ccc(C(=O)Nc2cccc(Cl)c2)cc1. The number of amides is 1. The Hall–Kier alpha value is -1.89. The van der Waals surface area contributed by atoms with E-state index in [0.717, 1.165) is 0 Å². The van der Waals surface area contributed by atoms with E-state index in [1.165, 1.54) is 24.3 Å². The van der Waals surface area contributed by atoms with Crippen LogP contribution in [-0.2, 0) is 10.0 Å². The summed E-state index contributed by atoms with van der Waals surface area (Å²) in [6, 6.07) is 12.3. The molecular weight excluding hydrogens is 336 g/mol. The Bertz CT molecular complexity index is 802. The van der Waals surface area contributed by atoms with Gasteiger partial charge in [-0.05, 0) is 56.3 Å². The van der Waals surface area contributed by atoms with Crippen LogP contribution in [0.5, 0.6) is 0 Å². The predicted molar refractivity (Wildman–Crippen MR) is 91.3 cm³/mol. The average Bonchev–Trinajstić information content (AvgIpc) is 2.46. The van der Waals surface area contributed by atoms with Gasteiger partial charge < -0.3 is 5.32 Å². The fraction of sp³-hybridized carbons (Fsp3) is 0.188. The summed E-state index contributed by atoms with van der Waals surface area (Å²) in [5.41, 5.74) is 0.925. The summed E-state index contributed by atoms with van der Waals surface area (Å²) in [7, 11) is -3.57. The van der Waals surface area contributed by atoms with Crippen molar-refractivity contribution in [2.75, 3.05) is 5.32 Å². The zero-order chi connectivity index (χ0) is 17.0. The van der Waals surface area contributed by atoms with E-state index in [9.17, 15) is 13.2 Å². The Balaban J connectivity index is 2.14. The summed E-state index contributed by atoms with van der Waals surface area (Å²) in [5.74, 6) is -0.340. The van der Waals surface area contributed by atoms with Gasteiger partial charge in [-0.15, -0.1) is 0 Å². The molecule has 122 valence electrons. The highest BCUT2D eigenvalue weighted by Gasteiger charge is 2.16. The van der Waals surface area contributed by atoms with E-state index in [-0.39, 0.29) is 16.8 Å². The van der Waals surface area contributed by atoms with Crippen LogP contribution < -0.4 is 10.0 Å². The summed E-state index contributed by atoms with van der Waals surface area (Å²) >= 11 is 5.86. The molecule has 0 atom stereocenters. The fourth-order valence-electron chi connectivity index (χ4n) is 1.93. The Morgan fingerprint density at radius 1 is 1.09 bits per heavy atom. The highest BCUT2D eigenvalue weighted by molar-refractivity contribution is 7.89. The molecular formula is C16H17ClN2O3S. The van der Waals surface area contributed by atoms with Crippen molar-refractivity contribution in [3.63, 3.8) is 0 Å². The van der Waals surface area contributed by atoms with Crippen LogP contribution in [0, 0.1) is 0 Å². The van der Waals surface area contributed by atoms with Crippen LogP contribution in [0.25, 0.3) is 0 Å². The first-order chi connectivity index (χ1) is 10.8. The van der Waals surface area contributed by atoms with Crippen molar-refractivity contribution in [1.29, 1.82) is 0 Å². The van der Waals surface area contributed by atoms with Gasteiger partial charge in [0.2, 0.25) is 10.0 Å².